The molecule has 0 aliphatic heterocycles. The van der Waals surface area contributed by atoms with E-state index in [0.717, 1.165) is 5.30 Å². The number of phenols is 1. The van der Waals surface area contributed by atoms with E-state index in [4.69, 9.17) is 18.0 Å². The van der Waals surface area contributed by atoms with Gasteiger partial charge in [0.25, 0.3) is 0 Å². The van der Waals surface area contributed by atoms with Gasteiger partial charge in [0.15, 0.2) is 0 Å². The van der Waals surface area contributed by atoms with Crippen molar-refractivity contribution >= 4 is 34.9 Å². The number of hydrogen-bond donors (Lipinski definition) is 1. The monoisotopic (exact) mass is 440 g/mol. The van der Waals surface area contributed by atoms with Crippen LogP contribution in [-0.4, -0.2) is 60.0 Å². The van der Waals surface area contributed by atoms with Crippen LogP contribution < -0.4 is 10.0 Å². The Balaban J connectivity index is 3.11. The average Bonchev–Trinajstić information content (AvgIpc) is 2.45. The molecule has 1 rings (SSSR count). The molecule has 1 aromatic carbocycles. The molecule has 24 heavy (non-hydrogen) atoms. The Morgan fingerprint density at radius 1 is 1.00 bits per heavy atom. The van der Waals surface area contributed by atoms with Gasteiger partial charge in [-0.3, -0.25) is 0 Å². The summed E-state index contributed by atoms with van der Waals surface area (Å²) in [7, 11) is -2.88. The molecular weight excluding hydrogens is 411 g/mol. The minimum absolute atomic E-state index is 0.222. The second-order valence-corrected chi connectivity index (χ2v) is 22.2. The van der Waals surface area contributed by atoms with Crippen molar-refractivity contribution in [1.82, 2.24) is 0 Å². The van der Waals surface area contributed by atoms with E-state index in [1.54, 1.807) is 18.2 Å². The number of aromatic hydroxyl groups is 1. The predicted octanol–water partition coefficient (Wildman–Crippen LogP) is 3.74. The molecular formula is C16H30BrO5PSi. The summed E-state index contributed by atoms with van der Waals surface area (Å²) in [4.78, 5) is 0. The van der Waals surface area contributed by atoms with Gasteiger partial charge >= 0.3 is 155 Å². The number of rotatable bonds is 10. The van der Waals surface area contributed by atoms with Gasteiger partial charge in [-0.1, -0.05) is 0 Å². The van der Waals surface area contributed by atoms with Crippen LogP contribution in [0.15, 0.2) is 18.2 Å². The molecule has 1 N–H and O–H groups in total. The standard InChI is InChI=1S/C16H30BrO5PSi/c1-7-20-24(21-8-2,22-9-3)13-19-15-11-10-14(18)12-16(15)23(4,5,6)17/h10-12,18H,7-9,13H2,1-6H3. The van der Waals surface area contributed by atoms with E-state index in [9.17, 15) is 5.11 Å². The minimum atomic E-state index is -2.88. The molecule has 0 aliphatic rings. The van der Waals surface area contributed by atoms with Crippen LogP contribution in [0.3, 0.4) is 0 Å². The van der Waals surface area contributed by atoms with Gasteiger partial charge in [0.1, 0.15) is 0 Å². The predicted molar refractivity (Wildman–Crippen MR) is 107 cm³/mol. The quantitative estimate of drug-likeness (QED) is 0.443. The van der Waals surface area contributed by atoms with Crippen LogP contribution in [0.1, 0.15) is 20.8 Å². The van der Waals surface area contributed by atoms with Crippen LogP contribution in [0.4, 0.5) is 0 Å². The summed E-state index contributed by atoms with van der Waals surface area (Å²) in [5.41, 5.74) is 0. The first-order chi connectivity index (χ1) is 11.0. The summed E-state index contributed by atoms with van der Waals surface area (Å²) in [6.45, 7) is 13.7. The fraction of sp³-hybridized carbons (Fsp3) is 0.625. The van der Waals surface area contributed by atoms with E-state index >= 15 is 0 Å². The fourth-order valence-corrected chi connectivity index (χ4v) is 6.73. The second-order valence-electron chi connectivity index (χ2n) is 6.53. The molecule has 0 fully saturated rings. The van der Waals surface area contributed by atoms with Gasteiger partial charge in [-0.05, 0) is 0 Å². The zero-order valence-electron chi connectivity index (χ0n) is 15.5. The van der Waals surface area contributed by atoms with Crippen molar-refractivity contribution in [3.63, 3.8) is 0 Å². The molecule has 0 aliphatic carbocycles. The molecule has 0 aromatic heterocycles. The third-order valence-corrected chi connectivity index (χ3v) is 9.06. The van der Waals surface area contributed by atoms with Crippen molar-refractivity contribution in [2.24, 2.45) is 0 Å². The Bertz CT molecular complexity index is 521. The van der Waals surface area contributed by atoms with Crippen molar-refractivity contribution in [2.45, 2.75) is 20.8 Å². The number of phenolic OH excluding ortho intramolecular Hbond substituents is 1. The van der Waals surface area contributed by atoms with Crippen LogP contribution in [-0.2, 0) is 13.3 Å². The number of halogens is 1. The Morgan fingerprint density at radius 3 is 1.92 bits per heavy atom. The van der Waals surface area contributed by atoms with Gasteiger partial charge < -0.3 is 0 Å². The van der Waals surface area contributed by atoms with Crippen molar-refractivity contribution in [3.8, 4) is 11.5 Å². The zero-order chi connectivity index (χ0) is 18.5. The molecule has 140 valence electrons. The van der Waals surface area contributed by atoms with Crippen molar-refractivity contribution in [1.29, 1.82) is 0 Å². The Hall–Kier alpha value is -0.173. The molecule has 0 radical (unpaired) electrons. The topological polar surface area (TPSA) is 57.2 Å². The summed E-state index contributed by atoms with van der Waals surface area (Å²) in [5, 5.41) is 8.53. The molecule has 0 heterocycles. The maximum atomic E-state index is 9.88. The number of ether oxygens (including phenoxy) is 1. The van der Waals surface area contributed by atoms with E-state index in [0.29, 0.717) is 25.6 Å². The molecule has 0 saturated heterocycles. The number of benzene rings is 1. The Kier molecular flexibility index (Phi) is 7.72. The molecule has 0 bridgehead atoms. The Morgan fingerprint density at radius 2 is 1.50 bits per heavy atom. The summed E-state index contributed by atoms with van der Waals surface area (Å²) in [5.74, 6) is 0.935. The van der Waals surface area contributed by atoms with Crippen LogP contribution in [0, 0.1) is 0 Å². The van der Waals surface area contributed by atoms with Crippen LogP contribution >= 0.6 is 20.8 Å². The van der Waals surface area contributed by atoms with Gasteiger partial charge in [-0.15, -0.1) is 0 Å². The van der Waals surface area contributed by atoms with Crippen molar-refractivity contribution < 1.29 is 23.1 Å². The summed E-state index contributed by atoms with van der Waals surface area (Å²) >= 11 is 3.85. The van der Waals surface area contributed by atoms with E-state index < -0.39 is 14.1 Å². The van der Waals surface area contributed by atoms with E-state index in [-0.39, 0.29) is 12.0 Å². The molecule has 0 amide bonds. The van der Waals surface area contributed by atoms with E-state index in [1.807, 2.05) is 20.8 Å². The van der Waals surface area contributed by atoms with Gasteiger partial charge in [-0.25, -0.2) is 0 Å². The average molecular weight is 441 g/mol. The van der Waals surface area contributed by atoms with Gasteiger partial charge in [-0.2, -0.15) is 0 Å². The molecule has 1 aromatic rings. The molecule has 0 spiro atoms. The van der Waals surface area contributed by atoms with Crippen LogP contribution in [0.5, 0.6) is 11.5 Å². The zero-order valence-corrected chi connectivity index (χ0v) is 18.9. The van der Waals surface area contributed by atoms with Crippen molar-refractivity contribution in [3.05, 3.63) is 18.2 Å². The molecule has 8 heteroatoms. The summed E-state index contributed by atoms with van der Waals surface area (Å²) in [6, 6.07) is 5.17. The summed E-state index contributed by atoms with van der Waals surface area (Å²) in [6.07, 6.45) is 0.236. The Labute approximate surface area is 154 Å². The van der Waals surface area contributed by atoms with Gasteiger partial charge in [0.2, 0.25) is 0 Å². The number of hydrogen-bond acceptors (Lipinski definition) is 5. The van der Waals surface area contributed by atoms with E-state index in [1.165, 1.54) is 0 Å². The van der Waals surface area contributed by atoms with Gasteiger partial charge in [0, 0.05) is 0 Å². The van der Waals surface area contributed by atoms with Crippen molar-refractivity contribution in [2.75, 3.05) is 46.0 Å². The maximum absolute atomic E-state index is 9.88. The first-order valence-corrected chi connectivity index (χ1v) is 15.7. The third kappa shape index (κ3) is 6.28. The normalized spacial score (nSPS) is 14.2. The first-order valence-electron chi connectivity index (χ1n) is 8.14. The molecule has 5 nitrogen and oxygen atoms in total. The van der Waals surface area contributed by atoms with Gasteiger partial charge in [0.05, 0.1) is 0 Å². The first kappa shape index (κ1) is 21.9. The summed E-state index contributed by atoms with van der Waals surface area (Å²) < 4.78 is 23.6. The molecule has 0 unspecified atom stereocenters. The van der Waals surface area contributed by atoms with Crippen LogP contribution in [0.2, 0.25) is 0 Å². The molecule has 0 saturated carbocycles. The SMILES string of the molecule is CCO[Si](COc1ccc(O)cc1P(C)(C)(C)Br)(OCC)OCC. The van der Waals surface area contributed by atoms with Crippen LogP contribution in [0.25, 0.3) is 0 Å². The third-order valence-electron chi connectivity index (χ3n) is 3.25. The second kappa shape index (κ2) is 8.47. The van der Waals surface area contributed by atoms with E-state index in [2.05, 4.69) is 35.5 Å². The molecule has 0 atom stereocenters. The fourth-order valence-electron chi connectivity index (χ4n) is 2.29.